The predicted octanol–water partition coefficient (Wildman–Crippen LogP) is 0.868. The SMILES string of the molecule is COCCN1CCC(C)(N)CC1.Cl. The number of likely N-dealkylation sites (tertiary alicyclic amines) is 1. The summed E-state index contributed by atoms with van der Waals surface area (Å²) in [7, 11) is 1.75. The van der Waals surface area contributed by atoms with Crippen LogP contribution in [0.2, 0.25) is 0 Å². The van der Waals surface area contributed by atoms with E-state index in [1.165, 1.54) is 0 Å². The summed E-state index contributed by atoms with van der Waals surface area (Å²) in [5.41, 5.74) is 6.08. The van der Waals surface area contributed by atoms with Gasteiger partial charge in [0, 0.05) is 19.2 Å². The predicted molar refractivity (Wildman–Crippen MR) is 57.4 cm³/mol. The van der Waals surface area contributed by atoms with Crippen molar-refractivity contribution in [2.24, 2.45) is 5.73 Å². The molecule has 0 atom stereocenters. The minimum Gasteiger partial charge on any atom is -0.383 e. The summed E-state index contributed by atoms with van der Waals surface area (Å²) in [6.07, 6.45) is 2.22. The molecule has 0 amide bonds. The zero-order valence-corrected chi connectivity index (χ0v) is 9.40. The van der Waals surface area contributed by atoms with E-state index in [0.717, 1.165) is 39.1 Å². The second-order valence-corrected chi connectivity index (χ2v) is 3.99. The Morgan fingerprint density at radius 2 is 1.92 bits per heavy atom. The number of nitrogens with zero attached hydrogens (tertiary/aromatic N) is 1. The molecule has 0 radical (unpaired) electrons. The van der Waals surface area contributed by atoms with Crippen molar-refractivity contribution in [3.05, 3.63) is 0 Å². The summed E-state index contributed by atoms with van der Waals surface area (Å²) in [6, 6.07) is 0. The molecule has 1 saturated heterocycles. The molecule has 0 aromatic heterocycles. The lowest BCUT2D eigenvalue weighted by Crippen LogP contribution is -2.48. The van der Waals surface area contributed by atoms with Gasteiger partial charge in [-0.15, -0.1) is 12.4 Å². The molecule has 1 fully saturated rings. The summed E-state index contributed by atoms with van der Waals surface area (Å²) in [4.78, 5) is 2.41. The highest BCUT2D eigenvalue weighted by atomic mass is 35.5. The number of methoxy groups -OCH3 is 1. The lowest BCUT2D eigenvalue weighted by Gasteiger charge is -2.36. The van der Waals surface area contributed by atoms with Gasteiger partial charge in [0.2, 0.25) is 0 Å². The van der Waals surface area contributed by atoms with Gasteiger partial charge in [0.05, 0.1) is 6.61 Å². The molecule has 3 nitrogen and oxygen atoms in total. The maximum Gasteiger partial charge on any atom is 0.0589 e. The van der Waals surface area contributed by atoms with Gasteiger partial charge in [-0.2, -0.15) is 0 Å². The van der Waals surface area contributed by atoms with Crippen molar-refractivity contribution in [1.29, 1.82) is 0 Å². The maximum atomic E-state index is 6.01. The minimum atomic E-state index is 0. The van der Waals surface area contributed by atoms with Gasteiger partial charge in [0.1, 0.15) is 0 Å². The molecule has 4 heteroatoms. The molecule has 0 unspecified atom stereocenters. The van der Waals surface area contributed by atoms with E-state index in [2.05, 4.69) is 11.8 Å². The number of hydrogen-bond donors (Lipinski definition) is 1. The number of ether oxygens (including phenoxy) is 1. The number of hydrogen-bond acceptors (Lipinski definition) is 3. The van der Waals surface area contributed by atoms with E-state index in [1.807, 2.05) is 0 Å². The van der Waals surface area contributed by atoms with Crippen molar-refractivity contribution in [1.82, 2.24) is 4.90 Å². The Hall–Kier alpha value is 0.170. The molecule has 1 heterocycles. The van der Waals surface area contributed by atoms with Crippen LogP contribution in [-0.2, 0) is 4.74 Å². The molecule has 80 valence electrons. The van der Waals surface area contributed by atoms with Crippen LogP contribution in [0.25, 0.3) is 0 Å². The summed E-state index contributed by atoms with van der Waals surface area (Å²) in [5, 5.41) is 0. The fourth-order valence-corrected chi connectivity index (χ4v) is 1.51. The van der Waals surface area contributed by atoms with Crippen LogP contribution < -0.4 is 5.73 Å². The molecular formula is C9H21ClN2O. The van der Waals surface area contributed by atoms with E-state index < -0.39 is 0 Å². The molecule has 0 aromatic carbocycles. The Balaban J connectivity index is 0.00000144. The molecule has 0 aliphatic carbocycles. The fraction of sp³-hybridized carbons (Fsp3) is 1.00. The van der Waals surface area contributed by atoms with Gasteiger partial charge < -0.3 is 15.4 Å². The minimum absolute atomic E-state index is 0. The van der Waals surface area contributed by atoms with Gasteiger partial charge >= 0.3 is 0 Å². The largest absolute Gasteiger partial charge is 0.383 e. The quantitative estimate of drug-likeness (QED) is 0.748. The first-order valence-electron chi connectivity index (χ1n) is 4.64. The molecule has 1 aliphatic rings. The zero-order valence-electron chi connectivity index (χ0n) is 8.58. The lowest BCUT2D eigenvalue weighted by atomic mass is 9.91. The van der Waals surface area contributed by atoms with Crippen LogP contribution in [0.1, 0.15) is 19.8 Å². The van der Waals surface area contributed by atoms with Crippen LogP contribution in [0.4, 0.5) is 0 Å². The van der Waals surface area contributed by atoms with Gasteiger partial charge in [-0.25, -0.2) is 0 Å². The second kappa shape index (κ2) is 5.81. The standard InChI is InChI=1S/C9H20N2O.ClH/c1-9(10)3-5-11(6-4-9)7-8-12-2;/h3-8,10H2,1-2H3;1H. The Morgan fingerprint density at radius 1 is 1.38 bits per heavy atom. The van der Waals surface area contributed by atoms with E-state index in [-0.39, 0.29) is 17.9 Å². The number of halogens is 1. The topological polar surface area (TPSA) is 38.5 Å². The first-order valence-corrected chi connectivity index (χ1v) is 4.64. The highest BCUT2D eigenvalue weighted by molar-refractivity contribution is 5.85. The fourth-order valence-electron chi connectivity index (χ4n) is 1.51. The molecule has 0 saturated carbocycles. The summed E-state index contributed by atoms with van der Waals surface area (Å²) in [6.45, 7) is 6.27. The van der Waals surface area contributed by atoms with Crippen LogP contribution in [0.3, 0.4) is 0 Å². The third kappa shape index (κ3) is 4.81. The van der Waals surface area contributed by atoms with E-state index in [9.17, 15) is 0 Å². The van der Waals surface area contributed by atoms with Crippen molar-refractivity contribution >= 4 is 12.4 Å². The van der Waals surface area contributed by atoms with Crippen molar-refractivity contribution in [2.45, 2.75) is 25.3 Å². The molecule has 0 aromatic rings. The van der Waals surface area contributed by atoms with E-state index in [1.54, 1.807) is 7.11 Å². The number of piperidine rings is 1. The van der Waals surface area contributed by atoms with Crippen LogP contribution in [-0.4, -0.2) is 43.8 Å². The lowest BCUT2D eigenvalue weighted by molar-refractivity contribution is 0.115. The summed E-state index contributed by atoms with van der Waals surface area (Å²) < 4.78 is 5.02. The Labute approximate surface area is 87.0 Å². The molecular weight excluding hydrogens is 188 g/mol. The average molecular weight is 209 g/mol. The number of rotatable bonds is 3. The van der Waals surface area contributed by atoms with Crippen LogP contribution in [0.5, 0.6) is 0 Å². The first kappa shape index (κ1) is 13.2. The van der Waals surface area contributed by atoms with Gasteiger partial charge in [0.15, 0.2) is 0 Å². The van der Waals surface area contributed by atoms with Gasteiger partial charge in [0.25, 0.3) is 0 Å². The van der Waals surface area contributed by atoms with Crippen molar-refractivity contribution < 1.29 is 4.74 Å². The third-order valence-corrected chi connectivity index (χ3v) is 2.61. The molecule has 0 bridgehead atoms. The van der Waals surface area contributed by atoms with Crippen molar-refractivity contribution in [3.63, 3.8) is 0 Å². The molecule has 2 N–H and O–H groups in total. The summed E-state index contributed by atoms with van der Waals surface area (Å²) >= 11 is 0. The van der Waals surface area contributed by atoms with E-state index >= 15 is 0 Å². The van der Waals surface area contributed by atoms with Crippen molar-refractivity contribution in [3.8, 4) is 0 Å². The zero-order chi connectivity index (χ0) is 9.03. The van der Waals surface area contributed by atoms with E-state index in [4.69, 9.17) is 10.5 Å². The Kier molecular flexibility index (Phi) is 5.88. The van der Waals surface area contributed by atoms with Crippen LogP contribution >= 0.6 is 12.4 Å². The number of nitrogens with two attached hydrogens (primary N) is 1. The second-order valence-electron chi connectivity index (χ2n) is 3.99. The smallest absolute Gasteiger partial charge is 0.0589 e. The van der Waals surface area contributed by atoms with Gasteiger partial charge in [-0.3, -0.25) is 0 Å². The molecule has 13 heavy (non-hydrogen) atoms. The highest BCUT2D eigenvalue weighted by Crippen LogP contribution is 2.17. The first-order chi connectivity index (χ1) is 5.64. The van der Waals surface area contributed by atoms with Gasteiger partial charge in [-0.05, 0) is 32.9 Å². The maximum absolute atomic E-state index is 6.01. The monoisotopic (exact) mass is 208 g/mol. The Bertz CT molecular complexity index is 132. The van der Waals surface area contributed by atoms with Crippen LogP contribution in [0, 0.1) is 0 Å². The normalized spacial score (nSPS) is 22.4. The van der Waals surface area contributed by atoms with Gasteiger partial charge in [-0.1, -0.05) is 0 Å². The van der Waals surface area contributed by atoms with Crippen molar-refractivity contribution in [2.75, 3.05) is 33.4 Å². The molecule has 0 spiro atoms. The summed E-state index contributed by atoms with van der Waals surface area (Å²) in [5.74, 6) is 0. The Morgan fingerprint density at radius 3 is 2.38 bits per heavy atom. The van der Waals surface area contributed by atoms with E-state index in [0.29, 0.717) is 0 Å². The average Bonchev–Trinajstić information content (AvgIpc) is 2.03. The molecule has 1 rings (SSSR count). The highest BCUT2D eigenvalue weighted by Gasteiger charge is 2.25. The third-order valence-electron chi connectivity index (χ3n) is 2.61. The molecule has 1 aliphatic heterocycles. The van der Waals surface area contributed by atoms with Crippen LogP contribution in [0.15, 0.2) is 0 Å².